The van der Waals surface area contributed by atoms with Gasteiger partial charge in [-0.2, -0.15) is 0 Å². The number of hydrogen-bond donors (Lipinski definition) is 1. The van der Waals surface area contributed by atoms with Crippen LogP contribution in [0.4, 0.5) is 4.79 Å². The van der Waals surface area contributed by atoms with Gasteiger partial charge >= 0.3 is 0 Å². The first-order chi connectivity index (χ1) is 9.93. The third-order valence-electron chi connectivity index (χ3n) is 3.37. The zero-order valence-electron chi connectivity index (χ0n) is 12.8. The number of carbonyl (C=O) groups excluding carboxylic acids is 3. The maximum absolute atomic E-state index is 11.9. The van der Waals surface area contributed by atoms with Gasteiger partial charge in [-0.3, -0.25) is 14.4 Å². The summed E-state index contributed by atoms with van der Waals surface area (Å²) in [6, 6.07) is 0. The summed E-state index contributed by atoms with van der Waals surface area (Å²) in [5, 5.41) is 2.59. The fraction of sp³-hybridized carbons (Fsp3) is 0.769. The van der Waals surface area contributed by atoms with Crippen molar-refractivity contribution in [2.75, 3.05) is 46.1 Å². The second-order valence-electron chi connectivity index (χ2n) is 4.94. The molecule has 0 aliphatic carbocycles. The second-order valence-corrected chi connectivity index (χ2v) is 5.86. The van der Waals surface area contributed by atoms with E-state index in [-0.39, 0.29) is 28.9 Å². The van der Waals surface area contributed by atoms with Crippen LogP contribution in [-0.4, -0.2) is 79.0 Å². The minimum absolute atomic E-state index is 0.0458. The van der Waals surface area contributed by atoms with Crippen LogP contribution >= 0.6 is 11.8 Å². The standard InChI is InChI=1S/C13H23N3O4S/c1-10(17)15(2)7-5-14-12(18)9-21-13(19)16-6-4-11(8-16)20-3/h11H,4-9H2,1-3H3,(H,14,18). The molecule has 0 aromatic rings. The largest absolute Gasteiger partial charge is 0.380 e. The van der Waals surface area contributed by atoms with Crippen molar-refractivity contribution < 1.29 is 19.1 Å². The van der Waals surface area contributed by atoms with Gasteiger partial charge in [0.15, 0.2) is 0 Å². The highest BCUT2D eigenvalue weighted by Crippen LogP contribution is 2.17. The molecule has 0 saturated carbocycles. The van der Waals surface area contributed by atoms with Crippen LogP contribution in [0.2, 0.25) is 0 Å². The van der Waals surface area contributed by atoms with Crippen molar-refractivity contribution in [3.63, 3.8) is 0 Å². The summed E-state index contributed by atoms with van der Waals surface area (Å²) in [5.41, 5.74) is 0. The topological polar surface area (TPSA) is 79.0 Å². The minimum atomic E-state index is -0.201. The molecule has 1 aliphatic rings. The smallest absolute Gasteiger partial charge is 0.282 e. The Morgan fingerprint density at radius 1 is 1.43 bits per heavy atom. The molecule has 0 radical (unpaired) electrons. The lowest BCUT2D eigenvalue weighted by atomic mass is 10.3. The van der Waals surface area contributed by atoms with E-state index in [0.717, 1.165) is 18.2 Å². The minimum Gasteiger partial charge on any atom is -0.380 e. The van der Waals surface area contributed by atoms with E-state index in [9.17, 15) is 14.4 Å². The van der Waals surface area contributed by atoms with Gasteiger partial charge in [0.25, 0.3) is 5.24 Å². The van der Waals surface area contributed by atoms with Crippen LogP contribution in [0.25, 0.3) is 0 Å². The van der Waals surface area contributed by atoms with E-state index in [2.05, 4.69) is 5.32 Å². The number of carbonyl (C=O) groups is 3. The van der Waals surface area contributed by atoms with E-state index in [4.69, 9.17) is 4.74 Å². The van der Waals surface area contributed by atoms with Crippen LogP contribution in [0.15, 0.2) is 0 Å². The van der Waals surface area contributed by atoms with E-state index in [1.807, 2.05) is 0 Å². The van der Waals surface area contributed by atoms with E-state index in [1.165, 1.54) is 11.8 Å². The lowest BCUT2D eigenvalue weighted by Crippen LogP contribution is -2.36. The Balaban J connectivity index is 2.15. The Morgan fingerprint density at radius 2 is 2.14 bits per heavy atom. The summed E-state index contributed by atoms with van der Waals surface area (Å²) >= 11 is 0.998. The van der Waals surface area contributed by atoms with Gasteiger partial charge in [-0.1, -0.05) is 11.8 Å². The summed E-state index contributed by atoms with van der Waals surface area (Å²) in [4.78, 5) is 37.7. The molecule has 120 valence electrons. The summed E-state index contributed by atoms with van der Waals surface area (Å²) in [5.74, 6) is -0.153. The lowest BCUT2D eigenvalue weighted by Gasteiger charge is -2.16. The number of thioether (sulfide) groups is 1. The Hall–Kier alpha value is -1.28. The second kappa shape index (κ2) is 8.89. The predicted octanol–water partition coefficient (Wildman–Crippen LogP) is 0.155. The molecule has 8 heteroatoms. The summed E-state index contributed by atoms with van der Waals surface area (Å²) in [6.45, 7) is 3.59. The van der Waals surface area contributed by atoms with Gasteiger partial charge in [-0.15, -0.1) is 0 Å². The number of likely N-dealkylation sites (N-methyl/N-ethyl adjacent to an activating group) is 1. The van der Waals surface area contributed by atoms with Gasteiger partial charge in [0.2, 0.25) is 11.8 Å². The number of likely N-dealkylation sites (tertiary alicyclic amines) is 1. The van der Waals surface area contributed by atoms with Crippen molar-refractivity contribution in [1.82, 2.24) is 15.1 Å². The highest BCUT2D eigenvalue weighted by Gasteiger charge is 2.26. The molecule has 0 aromatic heterocycles. The SMILES string of the molecule is COC1CCN(C(=O)SCC(=O)NCCN(C)C(C)=O)C1. The first-order valence-electron chi connectivity index (χ1n) is 6.87. The number of amides is 3. The van der Waals surface area contributed by atoms with Crippen molar-refractivity contribution in [2.24, 2.45) is 0 Å². The summed E-state index contributed by atoms with van der Waals surface area (Å²) < 4.78 is 5.20. The first kappa shape index (κ1) is 17.8. The van der Waals surface area contributed by atoms with Crippen LogP contribution < -0.4 is 5.32 Å². The summed E-state index contributed by atoms with van der Waals surface area (Å²) in [6.07, 6.45) is 0.942. The van der Waals surface area contributed by atoms with Gasteiger partial charge in [-0.05, 0) is 6.42 Å². The van der Waals surface area contributed by atoms with Gasteiger partial charge in [0.1, 0.15) is 0 Å². The number of methoxy groups -OCH3 is 1. The third-order valence-corrected chi connectivity index (χ3v) is 4.28. The van der Waals surface area contributed by atoms with Crippen molar-refractivity contribution in [2.45, 2.75) is 19.4 Å². The quantitative estimate of drug-likeness (QED) is 0.755. The van der Waals surface area contributed by atoms with Gasteiger partial charge in [-0.25, -0.2) is 0 Å². The van der Waals surface area contributed by atoms with Crippen LogP contribution in [0, 0.1) is 0 Å². The van der Waals surface area contributed by atoms with Crippen molar-refractivity contribution in [1.29, 1.82) is 0 Å². The molecule has 1 atom stereocenters. The normalized spacial score (nSPS) is 17.7. The predicted molar refractivity (Wildman–Crippen MR) is 81.2 cm³/mol. The Labute approximate surface area is 129 Å². The molecule has 21 heavy (non-hydrogen) atoms. The molecule has 7 nitrogen and oxygen atoms in total. The average Bonchev–Trinajstić information content (AvgIpc) is 2.93. The van der Waals surface area contributed by atoms with Crippen LogP contribution in [0.3, 0.4) is 0 Å². The van der Waals surface area contributed by atoms with Crippen LogP contribution in [-0.2, 0) is 14.3 Å². The van der Waals surface area contributed by atoms with Crippen molar-refractivity contribution in [3.05, 3.63) is 0 Å². The molecule has 0 aromatic carbocycles. The molecule has 1 N–H and O–H groups in total. The van der Waals surface area contributed by atoms with Crippen LogP contribution in [0.5, 0.6) is 0 Å². The average molecular weight is 317 g/mol. The maximum Gasteiger partial charge on any atom is 0.282 e. The number of hydrogen-bond acceptors (Lipinski definition) is 5. The molecule has 1 rings (SSSR count). The molecule has 1 fully saturated rings. The number of nitrogens with zero attached hydrogens (tertiary/aromatic N) is 2. The highest BCUT2D eigenvalue weighted by molar-refractivity contribution is 8.14. The fourth-order valence-electron chi connectivity index (χ4n) is 1.88. The Morgan fingerprint density at radius 3 is 2.71 bits per heavy atom. The fourth-order valence-corrected chi connectivity index (χ4v) is 2.58. The van der Waals surface area contributed by atoms with Gasteiger partial charge in [0, 0.05) is 47.3 Å². The highest BCUT2D eigenvalue weighted by atomic mass is 32.2. The van der Waals surface area contributed by atoms with E-state index < -0.39 is 0 Å². The van der Waals surface area contributed by atoms with Gasteiger partial charge < -0.3 is 19.9 Å². The third kappa shape index (κ3) is 6.34. The molecule has 0 spiro atoms. The molecule has 3 amide bonds. The molecule has 1 saturated heterocycles. The van der Waals surface area contributed by atoms with Crippen molar-refractivity contribution >= 4 is 28.8 Å². The molecule has 1 heterocycles. The van der Waals surface area contributed by atoms with Crippen LogP contribution in [0.1, 0.15) is 13.3 Å². The number of rotatable bonds is 6. The molecular formula is C13H23N3O4S. The van der Waals surface area contributed by atoms with Gasteiger partial charge in [0.05, 0.1) is 11.9 Å². The number of ether oxygens (including phenoxy) is 1. The number of nitrogens with one attached hydrogen (secondary N) is 1. The van der Waals surface area contributed by atoms with E-state index in [0.29, 0.717) is 26.2 Å². The Kier molecular flexibility index (Phi) is 7.52. The molecule has 1 aliphatic heterocycles. The molecule has 0 bridgehead atoms. The van der Waals surface area contributed by atoms with E-state index >= 15 is 0 Å². The van der Waals surface area contributed by atoms with E-state index in [1.54, 1.807) is 19.1 Å². The first-order valence-corrected chi connectivity index (χ1v) is 7.85. The Bertz CT molecular complexity index is 392. The summed E-state index contributed by atoms with van der Waals surface area (Å²) in [7, 11) is 3.31. The zero-order valence-corrected chi connectivity index (χ0v) is 13.6. The lowest BCUT2D eigenvalue weighted by molar-refractivity contribution is -0.128. The molecular weight excluding hydrogens is 294 g/mol. The monoisotopic (exact) mass is 317 g/mol. The maximum atomic E-state index is 11.9. The molecule has 1 unspecified atom stereocenters. The zero-order chi connectivity index (χ0) is 15.8. The van der Waals surface area contributed by atoms with Crippen molar-refractivity contribution in [3.8, 4) is 0 Å².